The molecule has 10 heavy (non-hydrogen) atoms. The highest BCUT2D eigenvalue weighted by Crippen LogP contribution is 1.80. The third-order valence-electron chi connectivity index (χ3n) is 0.498. The van der Waals surface area contributed by atoms with Gasteiger partial charge in [0.15, 0.2) is 0 Å². The second-order valence-corrected chi connectivity index (χ2v) is 1.66. The van der Waals surface area contributed by atoms with Gasteiger partial charge in [0.25, 0.3) is 0 Å². The number of hydrogen-bond donors (Lipinski definition) is 0. The molecule has 0 aliphatic heterocycles. The fourth-order valence-corrected chi connectivity index (χ4v) is 0.351. The lowest BCUT2D eigenvalue weighted by molar-refractivity contribution is -0.124. The van der Waals surface area contributed by atoms with E-state index < -0.39 is 7.83 Å². The molecule has 0 N–H and O–H groups in total. The van der Waals surface area contributed by atoms with Crippen molar-refractivity contribution in [1.29, 1.82) is 0 Å². The molecule has 0 aromatic rings. The molecule has 0 aliphatic carbocycles. The molecule has 2 nitrogen and oxygen atoms in total. The summed E-state index contributed by atoms with van der Waals surface area (Å²) in [6.07, 6.45) is 0.0833. The summed E-state index contributed by atoms with van der Waals surface area (Å²) in [5, 5.41) is 0. The second-order valence-electron chi connectivity index (χ2n) is 1.66. The van der Waals surface area contributed by atoms with Crippen LogP contribution in [0.25, 0.3) is 0 Å². The lowest BCUT2D eigenvalue weighted by Crippen LogP contribution is -1.97. The molecule has 0 unspecified atom stereocenters. The normalized spacial score (nSPS) is 7.20. The molecular weight excluding hydrogens is 141 g/mol. The highest BCUT2D eigenvalue weighted by molar-refractivity contribution is 6.15. The second kappa shape index (κ2) is 8.26. The van der Waals surface area contributed by atoms with Crippen molar-refractivity contribution in [3.8, 4) is 0 Å². The molecule has 0 aromatic heterocycles. The number of ketones is 2. The van der Waals surface area contributed by atoms with Crippen LogP contribution < -0.4 is 0 Å². The summed E-state index contributed by atoms with van der Waals surface area (Å²) >= 11 is 0. The van der Waals surface area contributed by atoms with Crippen LogP contribution in [-0.4, -0.2) is 19.4 Å². The Hall–Kier alpha value is -0.735. The average Bonchev–Trinajstić information content (AvgIpc) is 1.62. The third kappa shape index (κ3) is 26.7. The van der Waals surface area contributed by atoms with Crippen LogP contribution in [0.5, 0.6) is 0 Å². The molecule has 0 spiro atoms. The van der Waals surface area contributed by atoms with Gasteiger partial charge < -0.3 is 0 Å². The van der Waals surface area contributed by atoms with E-state index in [4.69, 9.17) is 0 Å². The highest BCUT2D eigenvalue weighted by Gasteiger charge is 1.94. The molecule has 0 fully saturated rings. The van der Waals surface area contributed by atoms with Gasteiger partial charge in [-0.15, -0.1) is 0 Å². The Bertz CT molecular complexity index is 104. The Kier molecular flexibility index (Phi) is 9.91. The number of hydrogen-bond acceptors (Lipinski definition) is 2. The summed E-state index contributed by atoms with van der Waals surface area (Å²) in [7, 11) is -1.00. The quantitative estimate of drug-likeness (QED) is 0.433. The Labute approximate surface area is 58.9 Å². The predicted molar refractivity (Wildman–Crippen MR) is 33.9 cm³/mol. The molecule has 0 aromatic carbocycles. The van der Waals surface area contributed by atoms with Crippen molar-refractivity contribution in [3.63, 3.8) is 0 Å². The first-order chi connectivity index (χ1) is 4.54. The minimum atomic E-state index is -1.00. The van der Waals surface area contributed by atoms with Gasteiger partial charge in [-0.1, -0.05) is 0 Å². The van der Waals surface area contributed by atoms with Crippen LogP contribution in [0.1, 0.15) is 20.3 Å². The Morgan fingerprint density at radius 1 is 1.20 bits per heavy atom. The van der Waals surface area contributed by atoms with Gasteiger partial charge in [-0.3, -0.25) is 18.2 Å². The topological polar surface area (TPSA) is 34.1 Å². The predicted octanol–water partition coefficient (Wildman–Crippen LogP) is 1.01. The molecule has 57 valence electrons. The molecule has 0 amide bonds. The third-order valence-corrected chi connectivity index (χ3v) is 0.498. The van der Waals surface area contributed by atoms with Crippen molar-refractivity contribution in [2.75, 3.05) is 0 Å². The maximum Gasteiger partial charge on any atom is 0.577 e. The first kappa shape index (κ1) is 12.0. The molecule has 0 atom stereocenters. The first-order valence-electron chi connectivity index (χ1n) is 2.55. The van der Waals surface area contributed by atoms with E-state index in [-0.39, 0.29) is 18.0 Å². The van der Waals surface area contributed by atoms with E-state index in [1.807, 2.05) is 0 Å². The van der Waals surface area contributed by atoms with Crippen LogP contribution in [0, 0.1) is 0 Å². The molecule has 0 saturated carbocycles. The summed E-state index contributed by atoms with van der Waals surface area (Å²) < 4.78 is 19.0. The van der Waals surface area contributed by atoms with Gasteiger partial charge in [-0.25, -0.2) is 0 Å². The van der Waals surface area contributed by atoms with Crippen molar-refractivity contribution < 1.29 is 18.2 Å². The maximum atomic E-state index is 10.0. The van der Waals surface area contributed by atoms with Gasteiger partial charge in [0.2, 0.25) is 0 Å². The SMILES string of the molecule is CC(=O)CC(C)=O.F[B]F. The van der Waals surface area contributed by atoms with E-state index in [0.717, 1.165) is 0 Å². The lowest BCUT2D eigenvalue weighted by atomic mass is 10.2. The monoisotopic (exact) mass is 149 g/mol. The zero-order valence-corrected chi connectivity index (χ0v) is 5.86. The minimum absolute atomic E-state index is 0.0625. The molecule has 5 heteroatoms. The van der Waals surface area contributed by atoms with Crippen molar-refractivity contribution in [2.45, 2.75) is 20.3 Å². The largest absolute Gasteiger partial charge is 0.577 e. The highest BCUT2D eigenvalue weighted by atomic mass is 19.2. The average molecular weight is 149 g/mol. The Morgan fingerprint density at radius 2 is 1.40 bits per heavy atom. The molecule has 0 rings (SSSR count). The Morgan fingerprint density at radius 3 is 1.40 bits per heavy atom. The van der Waals surface area contributed by atoms with Crippen LogP contribution in [0.4, 0.5) is 8.63 Å². The standard InChI is InChI=1S/C5H8O2.BF2/c1-4(6)3-5(2)7;2-1-3/h3H2,1-2H3;. The van der Waals surface area contributed by atoms with Crippen LogP contribution in [0.3, 0.4) is 0 Å². The summed E-state index contributed by atoms with van der Waals surface area (Å²) in [6.45, 7) is 2.81. The first-order valence-corrected chi connectivity index (χ1v) is 2.55. The van der Waals surface area contributed by atoms with E-state index in [0.29, 0.717) is 0 Å². The van der Waals surface area contributed by atoms with Crippen LogP contribution in [-0.2, 0) is 9.59 Å². The molecule has 0 bridgehead atoms. The number of Topliss-reactive ketones (excluding diaryl/α,β-unsaturated/α-hetero) is 2. The van der Waals surface area contributed by atoms with Gasteiger partial charge in [0.05, 0.1) is 6.42 Å². The van der Waals surface area contributed by atoms with E-state index in [1.54, 1.807) is 0 Å². The fourth-order valence-electron chi connectivity index (χ4n) is 0.351. The summed E-state index contributed by atoms with van der Waals surface area (Å²) in [6, 6.07) is 0. The van der Waals surface area contributed by atoms with Gasteiger partial charge in [0, 0.05) is 0 Å². The zero-order chi connectivity index (χ0) is 8.57. The summed E-state index contributed by atoms with van der Waals surface area (Å²) in [4.78, 5) is 20.1. The number of halogens is 2. The smallest absolute Gasteiger partial charge is 0.300 e. The molecule has 1 radical (unpaired) electrons. The molecule has 0 heterocycles. The zero-order valence-electron chi connectivity index (χ0n) is 5.86. The van der Waals surface area contributed by atoms with Gasteiger partial charge in [0.1, 0.15) is 11.6 Å². The fraction of sp³-hybridized carbons (Fsp3) is 0.600. The van der Waals surface area contributed by atoms with Crippen molar-refractivity contribution in [2.24, 2.45) is 0 Å². The van der Waals surface area contributed by atoms with Gasteiger partial charge in [-0.2, -0.15) is 0 Å². The summed E-state index contributed by atoms with van der Waals surface area (Å²) in [5.74, 6) is -0.125. The molecule has 0 aliphatic rings. The number of rotatable bonds is 2. The molecule has 0 saturated heterocycles. The van der Waals surface area contributed by atoms with Crippen molar-refractivity contribution in [1.82, 2.24) is 0 Å². The minimum Gasteiger partial charge on any atom is -0.300 e. The molecular formula is C5H8BF2O2. The summed E-state index contributed by atoms with van der Waals surface area (Å²) in [5.41, 5.74) is 0. The lowest BCUT2D eigenvalue weighted by Gasteiger charge is -1.81. The van der Waals surface area contributed by atoms with Crippen LogP contribution in [0.2, 0.25) is 0 Å². The van der Waals surface area contributed by atoms with E-state index in [2.05, 4.69) is 0 Å². The van der Waals surface area contributed by atoms with Crippen molar-refractivity contribution >= 4 is 19.4 Å². The van der Waals surface area contributed by atoms with Crippen LogP contribution in [0.15, 0.2) is 0 Å². The van der Waals surface area contributed by atoms with E-state index in [1.165, 1.54) is 13.8 Å². The van der Waals surface area contributed by atoms with E-state index in [9.17, 15) is 18.2 Å². The van der Waals surface area contributed by atoms with E-state index >= 15 is 0 Å². The number of carbonyl (C=O) groups is 2. The van der Waals surface area contributed by atoms with Gasteiger partial charge >= 0.3 is 7.83 Å². The maximum absolute atomic E-state index is 10.0. The van der Waals surface area contributed by atoms with Crippen LogP contribution >= 0.6 is 0 Å². The number of carbonyl (C=O) groups excluding carboxylic acids is 2. The van der Waals surface area contributed by atoms with Crippen molar-refractivity contribution in [3.05, 3.63) is 0 Å². The van der Waals surface area contributed by atoms with Gasteiger partial charge in [-0.05, 0) is 13.8 Å². The Balaban J connectivity index is 0.